The predicted molar refractivity (Wildman–Crippen MR) is 109 cm³/mol. The Bertz CT molecular complexity index is 1010. The van der Waals surface area contributed by atoms with E-state index in [1.165, 1.54) is 36.0 Å². The molecule has 2 aromatic carbocycles. The quantitative estimate of drug-likeness (QED) is 0.733. The van der Waals surface area contributed by atoms with E-state index in [9.17, 15) is 14.0 Å². The molecule has 0 aromatic heterocycles. The number of fused-ring (bicyclic) bond motifs is 3. The number of aliphatic imine (C=N–C) groups is 2. The number of hydrogen-bond donors (Lipinski definition) is 0. The van der Waals surface area contributed by atoms with E-state index in [0.29, 0.717) is 16.6 Å². The minimum absolute atomic E-state index is 0.0395. The summed E-state index contributed by atoms with van der Waals surface area (Å²) in [6, 6.07) is 12.6. The number of carbonyl (C=O) groups excluding carboxylic acids is 2. The third-order valence-electron chi connectivity index (χ3n) is 4.67. The Morgan fingerprint density at radius 3 is 2.57 bits per heavy atom. The summed E-state index contributed by atoms with van der Waals surface area (Å²) in [6.07, 6.45) is 0. The van der Waals surface area contributed by atoms with Gasteiger partial charge in [-0.1, -0.05) is 37.7 Å². The van der Waals surface area contributed by atoms with Gasteiger partial charge < -0.3 is 0 Å². The number of para-hydroxylation sites is 1. The van der Waals surface area contributed by atoms with Gasteiger partial charge in [0.25, 0.3) is 5.91 Å². The lowest BCUT2D eigenvalue weighted by molar-refractivity contribution is -0.120. The first-order chi connectivity index (χ1) is 13.5. The van der Waals surface area contributed by atoms with Crippen LogP contribution in [0.4, 0.5) is 10.1 Å². The number of halogens is 1. The monoisotopic (exact) mass is 395 g/mol. The highest BCUT2D eigenvalue weighted by molar-refractivity contribution is 8.14. The highest BCUT2D eigenvalue weighted by atomic mass is 32.2. The summed E-state index contributed by atoms with van der Waals surface area (Å²) in [5.41, 5.74) is 1.98. The van der Waals surface area contributed by atoms with Crippen molar-refractivity contribution in [2.45, 2.75) is 19.9 Å². The second-order valence-corrected chi connectivity index (χ2v) is 7.91. The zero-order valence-corrected chi connectivity index (χ0v) is 16.2. The molecule has 5 nitrogen and oxygen atoms in total. The number of benzene rings is 2. The van der Waals surface area contributed by atoms with Crippen LogP contribution in [0, 0.1) is 11.7 Å². The molecule has 1 amide bonds. The number of nitrogens with zero attached hydrogens (tertiary/aromatic N) is 3. The number of amidine groups is 2. The highest BCUT2D eigenvalue weighted by Gasteiger charge is 2.43. The molecule has 0 radical (unpaired) electrons. The second-order valence-electron chi connectivity index (χ2n) is 6.96. The molecule has 0 fully saturated rings. The molecule has 0 aliphatic carbocycles. The fourth-order valence-corrected chi connectivity index (χ4v) is 4.25. The molecule has 1 atom stereocenters. The van der Waals surface area contributed by atoms with E-state index in [4.69, 9.17) is 4.99 Å². The number of thioether (sulfide) groups is 1. The maximum atomic E-state index is 13.1. The minimum Gasteiger partial charge on any atom is -0.293 e. The Labute approximate surface area is 166 Å². The van der Waals surface area contributed by atoms with E-state index in [1.54, 1.807) is 0 Å². The Kier molecular flexibility index (Phi) is 4.85. The Balaban J connectivity index is 1.64. The number of ketones is 1. The Morgan fingerprint density at radius 1 is 1.14 bits per heavy atom. The molecule has 2 aromatic rings. The standard InChI is InChI=1S/C21H18FN3O2S/c1-12(2)18-20(27)24-19-15-5-3-4-6-16(15)23-21(25(18)19)28-11-17(26)13-7-9-14(22)10-8-13/h3-10,12,18H,11H2,1-2H3. The Morgan fingerprint density at radius 2 is 1.86 bits per heavy atom. The highest BCUT2D eigenvalue weighted by Crippen LogP contribution is 2.35. The van der Waals surface area contributed by atoms with Gasteiger partial charge in [0, 0.05) is 11.1 Å². The lowest BCUT2D eigenvalue weighted by atomic mass is 10.0. The van der Waals surface area contributed by atoms with Gasteiger partial charge in [-0.25, -0.2) is 9.38 Å². The third kappa shape index (κ3) is 3.26. The largest absolute Gasteiger partial charge is 0.293 e. The normalized spacial score (nSPS) is 17.9. The van der Waals surface area contributed by atoms with Gasteiger partial charge in [0.1, 0.15) is 17.7 Å². The van der Waals surface area contributed by atoms with Gasteiger partial charge in [0.05, 0.1) is 11.4 Å². The van der Waals surface area contributed by atoms with Crippen LogP contribution < -0.4 is 0 Å². The number of rotatable bonds is 4. The van der Waals surface area contributed by atoms with Crippen LogP contribution in [0.2, 0.25) is 0 Å². The van der Waals surface area contributed by atoms with Crippen molar-refractivity contribution in [2.75, 3.05) is 5.75 Å². The number of carbonyl (C=O) groups is 2. The van der Waals surface area contributed by atoms with E-state index < -0.39 is 6.04 Å². The van der Waals surface area contributed by atoms with E-state index in [-0.39, 0.29) is 29.2 Å². The summed E-state index contributed by atoms with van der Waals surface area (Å²) in [5, 5.41) is 0.581. The fourth-order valence-electron chi connectivity index (χ4n) is 3.32. The SMILES string of the molecule is CC(C)C1C(=O)N=C2c3ccccc3N=C(SCC(=O)c3ccc(F)cc3)N21. The molecule has 0 bridgehead atoms. The zero-order chi connectivity index (χ0) is 19.8. The van der Waals surface area contributed by atoms with Crippen LogP contribution in [0.5, 0.6) is 0 Å². The lowest BCUT2D eigenvalue weighted by Gasteiger charge is -2.32. The van der Waals surface area contributed by atoms with Gasteiger partial charge in [0.2, 0.25) is 0 Å². The van der Waals surface area contributed by atoms with Crippen LogP contribution in [0.15, 0.2) is 58.5 Å². The molecular formula is C21H18FN3O2S. The van der Waals surface area contributed by atoms with Crippen molar-refractivity contribution in [3.05, 3.63) is 65.5 Å². The van der Waals surface area contributed by atoms with Gasteiger partial charge in [-0.15, -0.1) is 0 Å². The van der Waals surface area contributed by atoms with E-state index >= 15 is 0 Å². The summed E-state index contributed by atoms with van der Waals surface area (Å²) in [7, 11) is 0. The summed E-state index contributed by atoms with van der Waals surface area (Å²) in [6.45, 7) is 3.93. The van der Waals surface area contributed by atoms with Gasteiger partial charge in [-0.2, -0.15) is 4.99 Å². The summed E-state index contributed by atoms with van der Waals surface area (Å²) >= 11 is 1.27. The molecule has 2 aliphatic rings. The van der Waals surface area contributed by atoms with Crippen LogP contribution >= 0.6 is 11.8 Å². The second kappa shape index (κ2) is 7.31. The number of hydrogen-bond acceptors (Lipinski definition) is 5. The third-order valence-corrected chi connectivity index (χ3v) is 5.63. The molecule has 7 heteroatoms. The molecule has 4 rings (SSSR count). The van der Waals surface area contributed by atoms with Crippen LogP contribution in [-0.4, -0.2) is 39.4 Å². The van der Waals surface area contributed by atoms with Gasteiger partial charge in [-0.3, -0.25) is 14.5 Å². The van der Waals surface area contributed by atoms with E-state index in [2.05, 4.69) is 4.99 Å². The van der Waals surface area contributed by atoms with Crippen molar-refractivity contribution in [3.63, 3.8) is 0 Å². The van der Waals surface area contributed by atoms with Crippen molar-refractivity contribution in [2.24, 2.45) is 15.9 Å². The zero-order valence-electron chi connectivity index (χ0n) is 15.4. The average Bonchev–Trinajstić information content (AvgIpc) is 3.04. The molecule has 0 saturated carbocycles. The summed E-state index contributed by atoms with van der Waals surface area (Å²) < 4.78 is 13.1. The first kappa shape index (κ1) is 18.6. The molecule has 0 N–H and O–H groups in total. The Hall–Kier alpha value is -2.80. The van der Waals surface area contributed by atoms with Crippen molar-refractivity contribution in [1.82, 2.24) is 4.90 Å². The molecular weight excluding hydrogens is 377 g/mol. The van der Waals surface area contributed by atoms with Gasteiger partial charge in [-0.05, 0) is 42.3 Å². The average molecular weight is 395 g/mol. The molecule has 28 heavy (non-hydrogen) atoms. The van der Waals surface area contributed by atoms with Crippen molar-refractivity contribution in [3.8, 4) is 0 Å². The van der Waals surface area contributed by atoms with E-state index in [0.717, 1.165) is 11.3 Å². The maximum Gasteiger partial charge on any atom is 0.271 e. The molecule has 142 valence electrons. The van der Waals surface area contributed by atoms with Crippen molar-refractivity contribution in [1.29, 1.82) is 0 Å². The maximum absolute atomic E-state index is 13.1. The lowest BCUT2D eigenvalue weighted by Crippen LogP contribution is -2.46. The first-order valence-corrected chi connectivity index (χ1v) is 9.95. The topological polar surface area (TPSA) is 62.1 Å². The first-order valence-electron chi connectivity index (χ1n) is 8.97. The van der Waals surface area contributed by atoms with Gasteiger partial charge in [0.15, 0.2) is 11.0 Å². The smallest absolute Gasteiger partial charge is 0.271 e. The van der Waals surface area contributed by atoms with Crippen LogP contribution in [0.3, 0.4) is 0 Å². The minimum atomic E-state index is -0.435. The molecule has 2 aliphatic heterocycles. The predicted octanol–water partition coefficient (Wildman–Crippen LogP) is 4.06. The number of Topliss-reactive ketones (excluding diaryl/α,β-unsaturated/α-hetero) is 1. The van der Waals surface area contributed by atoms with Crippen molar-refractivity contribution < 1.29 is 14.0 Å². The number of amides is 1. The molecule has 0 spiro atoms. The van der Waals surface area contributed by atoms with Crippen LogP contribution in [-0.2, 0) is 4.79 Å². The van der Waals surface area contributed by atoms with Gasteiger partial charge >= 0.3 is 0 Å². The van der Waals surface area contributed by atoms with Crippen LogP contribution in [0.1, 0.15) is 29.8 Å². The van der Waals surface area contributed by atoms with Crippen molar-refractivity contribution >= 4 is 40.1 Å². The fraction of sp³-hybridized carbons (Fsp3) is 0.238. The van der Waals surface area contributed by atoms with Crippen LogP contribution in [0.25, 0.3) is 0 Å². The molecule has 2 heterocycles. The summed E-state index contributed by atoms with van der Waals surface area (Å²) in [4.78, 5) is 35.9. The van der Waals surface area contributed by atoms with E-state index in [1.807, 2.05) is 43.0 Å². The molecule has 1 unspecified atom stereocenters. The molecule has 0 saturated heterocycles. The summed E-state index contributed by atoms with van der Waals surface area (Å²) in [5.74, 6) is 0.0592.